The van der Waals surface area contributed by atoms with Crippen molar-refractivity contribution in [1.29, 1.82) is 0 Å². The van der Waals surface area contributed by atoms with Crippen LogP contribution >= 0.6 is 0 Å². The summed E-state index contributed by atoms with van der Waals surface area (Å²) < 4.78 is 10.8. The number of carbonyl (C=O) groups is 3. The lowest BCUT2D eigenvalue weighted by Gasteiger charge is -2.26. The second-order valence-corrected chi connectivity index (χ2v) is 9.69. The maximum atomic E-state index is 13.5. The summed E-state index contributed by atoms with van der Waals surface area (Å²) in [4.78, 5) is 40.5. The van der Waals surface area contributed by atoms with E-state index in [-0.39, 0.29) is 23.9 Å². The van der Waals surface area contributed by atoms with E-state index in [4.69, 9.17) is 9.47 Å². The van der Waals surface area contributed by atoms with Crippen LogP contribution in [0.3, 0.4) is 0 Å². The van der Waals surface area contributed by atoms with Gasteiger partial charge in [-0.3, -0.25) is 14.5 Å². The molecule has 1 aliphatic heterocycles. The Balaban J connectivity index is 1.88. The Morgan fingerprint density at radius 2 is 1.64 bits per heavy atom. The first-order valence-corrected chi connectivity index (χ1v) is 13.1. The number of aliphatic hydroxyl groups is 1. The molecule has 7 heteroatoms. The van der Waals surface area contributed by atoms with Crippen molar-refractivity contribution in [3.63, 3.8) is 0 Å². The van der Waals surface area contributed by atoms with Gasteiger partial charge in [0.05, 0.1) is 30.4 Å². The third kappa shape index (κ3) is 5.43. The molecular formula is C32H33NO6. The van der Waals surface area contributed by atoms with E-state index in [9.17, 15) is 19.5 Å². The van der Waals surface area contributed by atoms with E-state index in [1.165, 1.54) is 4.90 Å². The molecule has 0 aliphatic carbocycles. The number of benzene rings is 3. The van der Waals surface area contributed by atoms with Crippen molar-refractivity contribution < 1.29 is 29.0 Å². The Bertz CT molecular complexity index is 1440. The third-order valence-electron chi connectivity index (χ3n) is 6.66. The van der Waals surface area contributed by atoms with Crippen molar-refractivity contribution in [2.24, 2.45) is 0 Å². The fourth-order valence-corrected chi connectivity index (χ4v) is 4.82. The normalized spacial score (nSPS) is 16.6. The van der Waals surface area contributed by atoms with Gasteiger partial charge in [-0.25, -0.2) is 4.79 Å². The van der Waals surface area contributed by atoms with Gasteiger partial charge in [0.25, 0.3) is 11.7 Å². The Labute approximate surface area is 228 Å². The van der Waals surface area contributed by atoms with Gasteiger partial charge in [-0.15, -0.1) is 0 Å². The molecule has 1 aliphatic rings. The zero-order chi connectivity index (χ0) is 28.3. The highest BCUT2D eigenvalue weighted by Gasteiger charge is 2.47. The third-order valence-corrected chi connectivity index (χ3v) is 6.66. The largest absolute Gasteiger partial charge is 0.507 e. The number of hydrogen-bond acceptors (Lipinski definition) is 6. The van der Waals surface area contributed by atoms with Crippen LogP contribution in [0.5, 0.6) is 5.75 Å². The molecule has 1 saturated heterocycles. The number of esters is 1. The highest BCUT2D eigenvalue weighted by atomic mass is 16.5. The van der Waals surface area contributed by atoms with Gasteiger partial charge in [0.1, 0.15) is 11.5 Å². The number of carbonyl (C=O) groups excluding carboxylic acids is 3. The Morgan fingerprint density at radius 3 is 2.26 bits per heavy atom. The van der Waals surface area contributed by atoms with E-state index in [1.54, 1.807) is 49.4 Å². The highest BCUT2D eigenvalue weighted by Crippen LogP contribution is 2.43. The number of ketones is 1. The van der Waals surface area contributed by atoms with Crippen molar-refractivity contribution in [3.05, 3.63) is 100 Å². The lowest BCUT2D eigenvalue weighted by molar-refractivity contribution is -0.132. The predicted molar refractivity (Wildman–Crippen MR) is 150 cm³/mol. The first kappa shape index (κ1) is 27.6. The molecule has 1 atom stereocenters. The van der Waals surface area contributed by atoms with Crippen molar-refractivity contribution in [2.75, 3.05) is 18.1 Å². The molecule has 3 aromatic carbocycles. The van der Waals surface area contributed by atoms with Crippen LogP contribution in [0.15, 0.2) is 72.3 Å². The Kier molecular flexibility index (Phi) is 8.19. The summed E-state index contributed by atoms with van der Waals surface area (Å²) in [6.45, 7) is 10.3. The molecule has 1 unspecified atom stereocenters. The molecule has 4 rings (SSSR count). The average Bonchev–Trinajstić information content (AvgIpc) is 3.19. The van der Waals surface area contributed by atoms with E-state index < -0.39 is 23.7 Å². The van der Waals surface area contributed by atoms with Crippen LogP contribution in [0.25, 0.3) is 5.76 Å². The van der Waals surface area contributed by atoms with Crippen LogP contribution < -0.4 is 9.64 Å². The maximum absolute atomic E-state index is 13.5. The van der Waals surface area contributed by atoms with E-state index in [0.717, 1.165) is 11.1 Å². The van der Waals surface area contributed by atoms with Gasteiger partial charge in [-0.05, 0) is 80.3 Å². The van der Waals surface area contributed by atoms with Crippen molar-refractivity contribution >= 4 is 29.1 Å². The fourth-order valence-electron chi connectivity index (χ4n) is 4.82. The lowest BCUT2D eigenvalue weighted by Crippen LogP contribution is -2.29. The number of rotatable bonds is 8. The Morgan fingerprint density at radius 1 is 0.949 bits per heavy atom. The zero-order valence-electron chi connectivity index (χ0n) is 22.9. The predicted octanol–water partition coefficient (Wildman–Crippen LogP) is 6.32. The van der Waals surface area contributed by atoms with Gasteiger partial charge in [0, 0.05) is 11.3 Å². The number of aliphatic hydroxyl groups excluding tert-OH is 1. The molecule has 3 aromatic rings. The lowest BCUT2D eigenvalue weighted by atomic mass is 9.92. The molecule has 0 aromatic heterocycles. The van der Waals surface area contributed by atoms with Crippen LogP contribution in [0.2, 0.25) is 0 Å². The minimum absolute atomic E-state index is 0.000986. The average molecular weight is 528 g/mol. The van der Waals surface area contributed by atoms with Crippen LogP contribution in [0.1, 0.15) is 72.3 Å². The number of amides is 1. The summed E-state index contributed by atoms with van der Waals surface area (Å²) in [6.07, 6.45) is 0. The van der Waals surface area contributed by atoms with E-state index in [0.29, 0.717) is 34.7 Å². The van der Waals surface area contributed by atoms with E-state index >= 15 is 0 Å². The summed E-state index contributed by atoms with van der Waals surface area (Å²) in [5, 5.41) is 11.6. The van der Waals surface area contributed by atoms with Crippen molar-refractivity contribution in [3.8, 4) is 5.75 Å². The molecule has 0 radical (unpaired) electrons. The summed E-state index contributed by atoms with van der Waals surface area (Å²) in [5.41, 5.74) is 3.69. The smallest absolute Gasteiger partial charge is 0.338 e. The first-order valence-electron chi connectivity index (χ1n) is 13.1. The van der Waals surface area contributed by atoms with Gasteiger partial charge in [-0.1, -0.05) is 43.7 Å². The van der Waals surface area contributed by atoms with Crippen LogP contribution in [-0.2, 0) is 14.3 Å². The highest BCUT2D eigenvalue weighted by molar-refractivity contribution is 6.51. The number of aryl methyl sites for hydroxylation is 1. The minimum atomic E-state index is -0.868. The SMILES string of the molecule is CCOC(=O)c1ccc(N2C(=O)C(=O)/C(=C(\O)c3ccc(OCC)c(C(C)C)c3)C2c2cccc(C)c2)cc1. The zero-order valence-corrected chi connectivity index (χ0v) is 22.9. The van der Waals surface area contributed by atoms with Crippen molar-refractivity contribution in [2.45, 2.75) is 46.6 Å². The molecule has 202 valence electrons. The Hall–Kier alpha value is -4.39. The summed E-state index contributed by atoms with van der Waals surface area (Å²) in [6, 6.07) is 18.2. The van der Waals surface area contributed by atoms with Gasteiger partial charge in [0.2, 0.25) is 0 Å². The van der Waals surface area contributed by atoms with Crippen LogP contribution in [0, 0.1) is 6.92 Å². The van der Waals surface area contributed by atoms with Crippen LogP contribution in [-0.4, -0.2) is 36.0 Å². The van der Waals surface area contributed by atoms with E-state index in [2.05, 4.69) is 0 Å². The molecule has 0 bridgehead atoms. The molecule has 1 amide bonds. The van der Waals surface area contributed by atoms with Gasteiger partial charge in [0.15, 0.2) is 0 Å². The first-order chi connectivity index (χ1) is 18.7. The van der Waals surface area contributed by atoms with Gasteiger partial charge in [-0.2, -0.15) is 0 Å². The van der Waals surface area contributed by atoms with Gasteiger partial charge < -0.3 is 14.6 Å². The minimum Gasteiger partial charge on any atom is -0.507 e. The number of Topliss-reactive ketones (excluding diaryl/α,β-unsaturated/α-hetero) is 1. The topological polar surface area (TPSA) is 93.1 Å². The molecule has 0 spiro atoms. The maximum Gasteiger partial charge on any atom is 0.338 e. The van der Waals surface area contributed by atoms with E-state index in [1.807, 2.05) is 52.0 Å². The molecule has 7 nitrogen and oxygen atoms in total. The van der Waals surface area contributed by atoms with Gasteiger partial charge >= 0.3 is 5.97 Å². The van der Waals surface area contributed by atoms with Crippen molar-refractivity contribution in [1.82, 2.24) is 0 Å². The second-order valence-electron chi connectivity index (χ2n) is 9.69. The number of anilines is 1. The number of ether oxygens (including phenoxy) is 2. The quantitative estimate of drug-likeness (QED) is 0.159. The number of nitrogens with zero attached hydrogens (tertiary/aromatic N) is 1. The number of hydrogen-bond donors (Lipinski definition) is 1. The summed E-state index contributed by atoms with van der Waals surface area (Å²) in [7, 11) is 0. The molecule has 1 N–H and O–H groups in total. The summed E-state index contributed by atoms with van der Waals surface area (Å²) >= 11 is 0. The standard InChI is InChI=1S/C32H33NO6/c1-6-38-26-16-13-23(18-25(26)19(3)4)29(34)27-28(22-10-8-9-20(5)17-22)33(31(36)30(27)35)24-14-11-21(12-15-24)32(37)39-7-2/h8-19,28,34H,6-7H2,1-5H3/b29-27-. The fraction of sp³-hybridized carbons (Fsp3) is 0.281. The summed E-state index contributed by atoms with van der Waals surface area (Å²) in [5.74, 6) is -1.46. The molecule has 0 saturated carbocycles. The molecular weight excluding hydrogens is 494 g/mol. The monoisotopic (exact) mass is 527 g/mol. The van der Waals surface area contributed by atoms with Crippen LogP contribution in [0.4, 0.5) is 5.69 Å². The molecule has 39 heavy (non-hydrogen) atoms. The molecule has 1 heterocycles. The second kappa shape index (κ2) is 11.6. The molecule has 1 fully saturated rings.